The van der Waals surface area contributed by atoms with Gasteiger partial charge in [0.1, 0.15) is 5.82 Å². The van der Waals surface area contributed by atoms with Crippen molar-refractivity contribution >= 4 is 17.6 Å². The molecule has 1 aromatic heterocycles. The first-order chi connectivity index (χ1) is 10.4. The van der Waals surface area contributed by atoms with E-state index in [2.05, 4.69) is 65.4 Å². The van der Waals surface area contributed by atoms with Crippen LogP contribution in [0.3, 0.4) is 0 Å². The summed E-state index contributed by atoms with van der Waals surface area (Å²) in [5.74, 6) is 2.52. The summed E-state index contributed by atoms with van der Waals surface area (Å²) in [4.78, 5) is 13.2. The van der Waals surface area contributed by atoms with Gasteiger partial charge in [0.05, 0.1) is 0 Å². The molecule has 2 N–H and O–H groups in total. The molecule has 0 saturated carbocycles. The van der Waals surface area contributed by atoms with Gasteiger partial charge in [0, 0.05) is 11.7 Å². The van der Waals surface area contributed by atoms with Crippen LogP contribution in [0.25, 0.3) is 0 Å². The molecule has 0 aliphatic rings. The van der Waals surface area contributed by atoms with Gasteiger partial charge in [-0.25, -0.2) is 0 Å². The minimum atomic E-state index is 0.328. The molecular formula is C17H25N5. The normalized spacial score (nSPS) is 12.3. The molecule has 0 amide bonds. The number of nitrogens with zero attached hydrogens (tertiary/aromatic N) is 3. The minimum absolute atomic E-state index is 0.328. The SMILES string of the molecule is Cc1ccc(Nc2nc(C)nc(N[C@H](C)CC(C)C)n2)cc1. The average molecular weight is 299 g/mol. The summed E-state index contributed by atoms with van der Waals surface area (Å²) in [6.45, 7) is 10.5. The lowest BCUT2D eigenvalue weighted by Crippen LogP contribution is -2.20. The van der Waals surface area contributed by atoms with Crippen LogP contribution in [0, 0.1) is 19.8 Å². The second kappa shape index (κ2) is 7.20. The Balaban J connectivity index is 2.10. The molecule has 0 aliphatic heterocycles. The van der Waals surface area contributed by atoms with Gasteiger partial charge >= 0.3 is 0 Å². The molecule has 1 atom stereocenters. The number of rotatable bonds is 6. The van der Waals surface area contributed by atoms with Gasteiger partial charge in [0.15, 0.2) is 0 Å². The molecule has 5 heteroatoms. The largest absolute Gasteiger partial charge is 0.352 e. The van der Waals surface area contributed by atoms with E-state index in [1.807, 2.05) is 19.1 Å². The molecule has 0 spiro atoms. The zero-order valence-corrected chi connectivity index (χ0v) is 14.0. The molecule has 2 aromatic rings. The summed E-state index contributed by atoms with van der Waals surface area (Å²) in [5, 5.41) is 6.57. The van der Waals surface area contributed by atoms with Crippen LogP contribution in [0.15, 0.2) is 24.3 Å². The number of anilines is 3. The van der Waals surface area contributed by atoms with Gasteiger partial charge in [0.25, 0.3) is 0 Å². The van der Waals surface area contributed by atoms with E-state index in [4.69, 9.17) is 0 Å². The van der Waals surface area contributed by atoms with Crippen molar-refractivity contribution in [3.63, 3.8) is 0 Å². The van der Waals surface area contributed by atoms with Crippen molar-refractivity contribution in [1.29, 1.82) is 0 Å². The summed E-state index contributed by atoms with van der Waals surface area (Å²) in [6.07, 6.45) is 1.07. The monoisotopic (exact) mass is 299 g/mol. The molecule has 2 rings (SSSR count). The van der Waals surface area contributed by atoms with Gasteiger partial charge in [-0.05, 0) is 45.2 Å². The van der Waals surface area contributed by atoms with E-state index in [9.17, 15) is 0 Å². The van der Waals surface area contributed by atoms with E-state index in [1.54, 1.807) is 0 Å². The highest BCUT2D eigenvalue weighted by Crippen LogP contribution is 2.16. The third-order valence-electron chi connectivity index (χ3n) is 3.26. The predicted octanol–water partition coefficient (Wildman–Crippen LogP) is 4.08. The van der Waals surface area contributed by atoms with Gasteiger partial charge in [-0.1, -0.05) is 31.5 Å². The summed E-state index contributed by atoms with van der Waals surface area (Å²) < 4.78 is 0. The molecule has 0 unspecified atom stereocenters. The van der Waals surface area contributed by atoms with Crippen molar-refractivity contribution in [2.75, 3.05) is 10.6 Å². The Morgan fingerprint density at radius 1 is 0.909 bits per heavy atom. The first kappa shape index (κ1) is 16.2. The average Bonchev–Trinajstić information content (AvgIpc) is 2.39. The Hall–Kier alpha value is -2.17. The van der Waals surface area contributed by atoms with Crippen LogP contribution >= 0.6 is 0 Å². The fourth-order valence-corrected chi connectivity index (χ4v) is 2.35. The number of aryl methyl sites for hydroxylation is 2. The number of hydrogen-bond acceptors (Lipinski definition) is 5. The molecule has 1 aromatic carbocycles. The summed E-state index contributed by atoms with van der Waals surface area (Å²) in [7, 11) is 0. The van der Waals surface area contributed by atoms with E-state index in [0.717, 1.165) is 12.1 Å². The third-order valence-corrected chi connectivity index (χ3v) is 3.26. The number of benzene rings is 1. The quantitative estimate of drug-likeness (QED) is 0.841. The second-order valence-electron chi connectivity index (χ2n) is 6.20. The Kier molecular flexibility index (Phi) is 5.31. The first-order valence-corrected chi connectivity index (χ1v) is 7.75. The molecular weight excluding hydrogens is 274 g/mol. The topological polar surface area (TPSA) is 62.7 Å². The lowest BCUT2D eigenvalue weighted by Gasteiger charge is -2.16. The maximum Gasteiger partial charge on any atom is 0.232 e. The van der Waals surface area contributed by atoms with E-state index in [1.165, 1.54) is 5.56 Å². The number of hydrogen-bond donors (Lipinski definition) is 2. The van der Waals surface area contributed by atoms with Crippen LogP contribution in [0.5, 0.6) is 0 Å². The van der Waals surface area contributed by atoms with Crippen LogP contribution in [-0.4, -0.2) is 21.0 Å². The molecule has 0 aliphatic carbocycles. The van der Waals surface area contributed by atoms with Crippen LogP contribution in [0.1, 0.15) is 38.6 Å². The molecule has 0 bridgehead atoms. The van der Waals surface area contributed by atoms with Gasteiger partial charge in [-0.2, -0.15) is 15.0 Å². The highest BCUT2D eigenvalue weighted by Gasteiger charge is 2.09. The Labute approximate surface area is 132 Å². The summed E-state index contributed by atoms with van der Waals surface area (Å²) in [6, 6.07) is 8.47. The Morgan fingerprint density at radius 3 is 2.18 bits per heavy atom. The third kappa shape index (κ3) is 4.98. The van der Waals surface area contributed by atoms with Crippen molar-refractivity contribution in [2.45, 2.75) is 47.1 Å². The minimum Gasteiger partial charge on any atom is -0.352 e. The zero-order valence-electron chi connectivity index (χ0n) is 14.0. The van der Waals surface area contributed by atoms with Crippen molar-refractivity contribution in [3.05, 3.63) is 35.7 Å². The molecule has 5 nitrogen and oxygen atoms in total. The smallest absolute Gasteiger partial charge is 0.232 e. The summed E-state index contributed by atoms with van der Waals surface area (Å²) in [5.41, 5.74) is 2.19. The Morgan fingerprint density at radius 2 is 1.55 bits per heavy atom. The Bertz CT molecular complexity index is 607. The maximum absolute atomic E-state index is 4.45. The molecule has 0 radical (unpaired) electrons. The molecule has 0 saturated heterocycles. The van der Waals surface area contributed by atoms with Crippen molar-refractivity contribution in [1.82, 2.24) is 15.0 Å². The lowest BCUT2D eigenvalue weighted by molar-refractivity contribution is 0.537. The molecule has 0 fully saturated rings. The highest BCUT2D eigenvalue weighted by atomic mass is 15.2. The molecule has 22 heavy (non-hydrogen) atoms. The van der Waals surface area contributed by atoms with E-state index >= 15 is 0 Å². The number of aromatic nitrogens is 3. The van der Waals surface area contributed by atoms with Crippen molar-refractivity contribution < 1.29 is 0 Å². The first-order valence-electron chi connectivity index (χ1n) is 7.75. The van der Waals surface area contributed by atoms with Crippen molar-refractivity contribution in [3.8, 4) is 0 Å². The fourth-order valence-electron chi connectivity index (χ4n) is 2.35. The van der Waals surface area contributed by atoms with Crippen LogP contribution in [0.4, 0.5) is 17.6 Å². The lowest BCUT2D eigenvalue weighted by atomic mass is 10.1. The number of nitrogens with one attached hydrogen (secondary N) is 2. The fraction of sp³-hybridized carbons (Fsp3) is 0.471. The molecule has 118 valence electrons. The van der Waals surface area contributed by atoms with E-state index in [0.29, 0.717) is 29.7 Å². The van der Waals surface area contributed by atoms with Gasteiger partial charge in [-0.15, -0.1) is 0 Å². The molecule has 1 heterocycles. The predicted molar refractivity (Wildman–Crippen MR) is 91.6 cm³/mol. The van der Waals surface area contributed by atoms with Gasteiger partial charge in [-0.3, -0.25) is 0 Å². The van der Waals surface area contributed by atoms with Crippen molar-refractivity contribution in [2.24, 2.45) is 5.92 Å². The zero-order chi connectivity index (χ0) is 16.1. The second-order valence-corrected chi connectivity index (χ2v) is 6.20. The van der Waals surface area contributed by atoms with E-state index in [-0.39, 0.29) is 0 Å². The van der Waals surface area contributed by atoms with Crippen LogP contribution in [-0.2, 0) is 0 Å². The standard InChI is InChI=1S/C17H25N5/c1-11(2)10-13(4)18-16-19-14(5)20-17(22-16)21-15-8-6-12(3)7-9-15/h6-9,11,13H,10H2,1-5H3,(H2,18,19,20,21,22)/t13-/m1/s1. The summed E-state index contributed by atoms with van der Waals surface area (Å²) >= 11 is 0. The maximum atomic E-state index is 4.45. The van der Waals surface area contributed by atoms with Gasteiger partial charge < -0.3 is 10.6 Å². The highest BCUT2D eigenvalue weighted by molar-refractivity contribution is 5.54. The van der Waals surface area contributed by atoms with E-state index < -0.39 is 0 Å². The van der Waals surface area contributed by atoms with Crippen LogP contribution in [0.2, 0.25) is 0 Å². The van der Waals surface area contributed by atoms with Gasteiger partial charge in [0.2, 0.25) is 11.9 Å². The van der Waals surface area contributed by atoms with Crippen LogP contribution < -0.4 is 10.6 Å².